The van der Waals surface area contributed by atoms with Gasteiger partial charge in [0.15, 0.2) is 0 Å². The fourth-order valence-corrected chi connectivity index (χ4v) is 2.77. The summed E-state index contributed by atoms with van der Waals surface area (Å²) in [5.74, 6) is 0. The molecule has 1 aliphatic heterocycles. The summed E-state index contributed by atoms with van der Waals surface area (Å²) >= 11 is 0. The zero-order valence-corrected chi connectivity index (χ0v) is 10.7. The summed E-state index contributed by atoms with van der Waals surface area (Å²) in [7, 11) is 0. The standard InChI is InChI=1S/C15H23NO/c1-2-14-10-6-7-11-16(14)12-15(17)13-8-4-3-5-9-13/h3-5,8-9,14-15,17H,2,6-7,10-12H2,1H3/t14-,15-/m1/s1. The van der Waals surface area contributed by atoms with Crippen molar-refractivity contribution in [2.75, 3.05) is 13.1 Å². The van der Waals surface area contributed by atoms with Crippen LogP contribution in [0, 0.1) is 0 Å². The van der Waals surface area contributed by atoms with Crippen molar-refractivity contribution >= 4 is 0 Å². The molecule has 0 bridgehead atoms. The summed E-state index contributed by atoms with van der Waals surface area (Å²) in [6.07, 6.45) is 4.76. The Labute approximate surface area is 104 Å². The molecule has 94 valence electrons. The number of likely N-dealkylation sites (tertiary alicyclic amines) is 1. The van der Waals surface area contributed by atoms with Crippen LogP contribution in [0.4, 0.5) is 0 Å². The highest BCUT2D eigenvalue weighted by Gasteiger charge is 2.23. The molecule has 1 heterocycles. The van der Waals surface area contributed by atoms with Crippen molar-refractivity contribution in [2.24, 2.45) is 0 Å². The topological polar surface area (TPSA) is 23.5 Å². The van der Waals surface area contributed by atoms with Crippen LogP contribution in [0.1, 0.15) is 44.3 Å². The Bertz CT molecular complexity index is 325. The van der Waals surface area contributed by atoms with E-state index in [0.29, 0.717) is 6.04 Å². The van der Waals surface area contributed by atoms with Crippen molar-refractivity contribution in [1.29, 1.82) is 0 Å². The number of nitrogens with zero attached hydrogens (tertiary/aromatic N) is 1. The zero-order valence-electron chi connectivity index (χ0n) is 10.7. The average Bonchev–Trinajstić information content (AvgIpc) is 2.40. The van der Waals surface area contributed by atoms with E-state index in [1.165, 1.54) is 25.7 Å². The lowest BCUT2D eigenvalue weighted by Crippen LogP contribution is -2.41. The van der Waals surface area contributed by atoms with Gasteiger partial charge in [-0.15, -0.1) is 0 Å². The molecule has 0 radical (unpaired) electrons. The van der Waals surface area contributed by atoms with E-state index in [1.807, 2.05) is 30.3 Å². The van der Waals surface area contributed by atoms with Crippen LogP contribution in [0.15, 0.2) is 30.3 Å². The second kappa shape index (κ2) is 6.18. The molecular weight excluding hydrogens is 210 g/mol. The fourth-order valence-electron chi connectivity index (χ4n) is 2.77. The maximum absolute atomic E-state index is 10.2. The number of aliphatic hydroxyl groups is 1. The van der Waals surface area contributed by atoms with Crippen LogP contribution < -0.4 is 0 Å². The van der Waals surface area contributed by atoms with Crippen LogP contribution in [0.25, 0.3) is 0 Å². The van der Waals surface area contributed by atoms with Crippen molar-refractivity contribution in [3.8, 4) is 0 Å². The lowest BCUT2D eigenvalue weighted by Gasteiger charge is -2.36. The minimum atomic E-state index is -0.344. The third-order valence-corrected chi connectivity index (χ3v) is 3.81. The van der Waals surface area contributed by atoms with E-state index in [4.69, 9.17) is 0 Å². The van der Waals surface area contributed by atoms with Crippen molar-refractivity contribution in [2.45, 2.75) is 44.8 Å². The van der Waals surface area contributed by atoms with Gasteiger partial charge in [0.05, 0.1) is 6.10 Å². The molecule has 2 rings (SSSR count). The first kappa shape index (κ1) is 12.6. The number of aliphatic hydroxyl groups excluding tert-OH is 1. The number of hydrogen-bond acceptors (Lipinski definition) is 2. The van der Waals surface area contributed by atoms with Gasteiger partial charge in [0.25, 0.3) is 0 Å². The minimum absolute atomic E-state index is 0.344. The van der Waals surface area contributed by atoms with Crippen LogP contribution in [0.3, 0.4) is 0 Å². The number of benzene rings is 1. The first-order chi connectivity index (χ1) is 8.31. The Hall–Kier alpha value is -0.860. The SMILES string of the molecule is CC[C@@H]1CCCCN1C[C@@H](O)c1ccccc1. The van der Waals surface area contributed by atoms with Gasteiger partial charge in [0.1, 0.15) is 0 Å². The number of rotatable bonds is 4. The second-order valence-electron chi connectivity index (χ2n) is 4.98. The summed E-state index contributed by atoms with van der Waals surface area (Å²) in [6, 6.07) is 10.7. The van der Waals surface area contributed by atoms with Crippen LogP contribution >= 0.6 is 0 Å². The van der Waals surface area contributed by atoms with Gasteiger partial charge in [-0.3, -0.25) is 4.90 Å². The Kier molecular flexibility index (Phi) is 4.57. The van der Waals surface area contributed by atoms with Gasteiger partial charge in [0, 0.05) is 12.6 Å². The number of hydrogen-bond donors (Lipinski definition) is 1. The third-order valence-electron chi connectivity index (χ3n) is 3.81. The smallest absolute Gasteiger partial charge is 0.0917 e. The molecule has 1 aliphatic rings. The van der Waals surface area contributed by atoms with E-state index in [1.54, 1.807) is 0 Å². The molecule has 1 aromatic rings. The van der Waals surface area contributed by atoms with Gasteiger partial charge in [-0.25, -0.2) is 0 Å². The van der Waals surface area contributed by atoms with Gasteiger partial charge in [-0.1, -0.05) is 43.7 Å². The molecule has 0 spiro atoms. The van der Waals surface area contributed by atoms with E-state index in [0.717, 1.165) is 18.7 Å². The van der Waals surface area contributed by atoms with Crippen LogP contribution in [0.2, 0.25) is 0 Å². The molecule has 0 amide bonds. The van der Waals surface area contributed by atoms with E-state index < -0.39 is 0 Å². The van der Waals surface area contributed by atoms with E-state index >= 15 is 0 Å². The quantitative estimate of drug-likeness (QED) is 0.864. The molecule has 0 unspecified atom stereocenters. The minimum Gasteiger partial charge on any atom is -0.387 e. The predicted octanol–water partition coefficient (Wildman–Crippen LogP) is 2.98. The van der Waals surface area contributed by atoms with Crippen LogP contribution in [-0.2, 0) is 0 Å². The molecule has 0 aromatic heterocycles. The van der Waals surface area contributed by atoms with E-state index in [-0.39, 0.29) is 6.10 Å². The second-order valence-corrected chi connectivity index (χ2v) is 4.98. The Morgan fingerprint density at radius 2 is 2.06 bits per heavy atom. The molecule has 1 fully saturated rings. The Morgan fingerprint density at radius 3 is 2.76 bits per heavy atom. The highest BCUT2D eigenvalue weighted by Crippen LogP contribution is 2.23. The lowest BCUT2D eigenvalue weighted by atomic mass is 9.98. The summed E-state index contributed by atoms with van der Waals surface area (Å²) < 4.78 is 0. The molecule has 0 aliphatic carbocycles. The van der Waals surface area contributed by atoms with Gasteiger partial charge < -0.3 is 5.11 Å². The van der Waals surface area contributed by atoms with E-state index in [2.05, 4.69) is 11.8 Å². The van der Waals surface area contributed by atoms with Crippen LogP contribution in [0.5, 0.6) is 0 Å². The highest BCUT2D eigenvalue weighted by molar-refractivity contribution is 5.17. The first-order valence-electron chi connectivity index (χ1n) is 6.78. The molecule has 2 nitrogen and oxygen atoms in total. The maximum atomic E-state index is 10.2. The molecular formula is C15H23NO. The monoisotopic (exact) mass is 233 g/mol. The lowest BCUT2D eigenvalue weighted by molar-refractivity contribution is 0.0656. The maximum Gasteiger partial charge on any atom is 0.0917 e. The molecule has 2 heteroatoms. The number of β-amino-alcohol motifs (C(OH)–C–C–N with tert-alkyl or cyclic N) is 1. The summed E-state index contributed by atoms with van der Waals surface area (Å²) in [4.78, 5) is 2.46. The molecule has 1 N–H and O–H groups in total. The summed E-state index contributed by atoms with van der Waals surface area (Å²) in [6.45, 7) is 4.17. The van der Waals surface area contributed by atoms with E-state index in [9.17, 15) is 5.11 Å². The average molecular weight is 233 g/mol. The van der Waals surface area contributed by atoms with Gasteiger partial charge in [0.2, 0.25) is 0 Å². The van der Waals surface area contributed by atoms with Crippen molar-refractivity contribution in [3.63, 3.8) is 0 Å². The third kappa shape index (κ3) is 3.30. The zero-order chi connectivity index (χ0) is 12.1. The van der Waals surface area contributed by atoms with Crippen molar-refractivity contribution in [3.05, 3.63) is 35.9 Å². The Balaban J connectivity index is 1.95. The Morgan fingerprint density at radius 1 is 1.29 bits per heavy atom. The normalized spacial score (nSPS) is 23.5. The number of piperidine rings is 1. The van der Waals surface area contributed by atoms with Crippen LogP contribution in [-0.4, -0.2) is 29.1 Å². The highest BCUT2D eigenvalue weighted by atomic mass is 16.3. The largest absolute Gasteiger partial charge is 0.387 e. The molecule has 0 saturated carbocycles. The molecule has 1 aromatic carbocycles. The van der Waals surface area contributed by atoms with Crippen molar-refractivity contribution in [1.82, 2.24) is 4.90 Å². The van der Waals surface area contributed by atoms with Crippen molar-refractivity contribution < 1.29 is 5.11 Å². The van der Waals surface area contributed by atoms with Gasteiger partial charge >= 0.3 is 0 Å². The molecule has 17 heavy (non-hydrogen) atoms. The first-order valence-corrected chi connectivity index (χ1v) is 6.78. The molecule has 1 saturated heterocycles. The summed E-state index contributed by atoms with van der Waals surface area (Å²) in [5, 5.41) is 10.2. The van der Waals surface area contributed by atoms with Gasteiger partial charge in [-0.05, 0) is 31.4 Å². The fraction of sp³-hybridized carbons (Fsp3) is 0.600. The molecule has 2 atom stereocenters. The van der Waals surface area contributed by atoms with Gasteiger partial charge in [-0.2, -0.15) is 0 Å². The predicted molar refractivity (Wildman–Crippen MR) is 70.9 cm³/mol. The summed E-state index contributed by atoms with van der Waals surface area (Å²) in [5.41, 5.74) is 1.04.